The van der Waals surface area contributed by atoms with Crippen LogP contribution in [-0.2, 0) is 6.42 Å². The molecule has 0 aromatic carbocycles. The lowest BCUT2D eigenvalue weighted by Crippen LogP contribution is -2.01. The summed E-state index contributed by atoms with van der Waals surface area (Å²) in [6.45, 7) is 5.93. The van der Waals surface area contributed by atoms with E-state index in [0.717, 1.165) is 29.0 Å². The van der Waals surface area contributed by atoms with Crippen molar-refractivity contribution in [2.45, 2.75) is 27.2 Å². The van der Waals surface area contributed by atoms with E-state index >= 15 is 0 Å². The Morgan fingerprint density at radius 2 is 1.93 bits per heavy atom. The number of nitrogens with zero attached hydrogens (tertiary/aromatic N) is 4. The van der Waals surface area contributed by atoms with Gasteiger partial charge in [-0.1, -0.05) is 18.5 Å². The SMILES string of the molecule is CCc1nnc2c(C)c(C)c(Cl)nn12. The third-order valence-corrected chi connectivity index (χ3v) is 2.78. The molecule has 0 saturated carbocycles. The maximum atomic E-state index is 5.99. The van der Waals surface area contributed by atoms with Crippen LogP contribution in [0.5, 0.6) is 0 Å². The number of aryl methyl sites for hydroxylation is 2. The first-order valence-electron chi connectivity index (χ1n) is 4.52. The Kier molecular flexibility index (Phi) is 2.15. The van der Waals surface area contributed by atoms with Crippen molar-refractivity contribution in [2.24, 2.45) is 0 Å². The van der Waals surface area contributed by atoms with Crippen LogP contribution in [0.15, 0.2) is 0 Å². The summed E-state index contributed by atoms with van der Waals surface area (Å²) in [6.07, 6.45) is 0.799. The highest BCUT2D eigenvalue weighted by Gasteiger charge is 2.11. The number of hydrogen-bond donors (Lipinski definition) is 0. The minimum atomic E-state index is 0.518. The van der Waals surface area contributed by atoms with Crippen molar-refractivity contribution in [1.29, 1.82) is 0 Å². The second-order valence-electron chi connectivity index (χ2n) is 3.25. The lowest BCUT2D eigenvalue weighted by Gasteiger charge is -2.03. The lowest BCUT2D eigenvalue weighted by atomic mass is 10.2. The van der Waals surface area contributed by atoms with Crippen molar-refractivity contribution >= 4 is 17.2 Å². The van der Waals surface area contributed by atoms with Crippen LogP contribution in [-0.4, -0.2) is 19.8 Å². The summed E-state index contributed by atoms with van der Waals surface area (Å²) in [6, 6.07) is 0. The molecular weight excluding hydrogens is 200 g/mol. The van der Waals surface area contributed by atoms with E-state index in [4.69, 9.17) is 11.6 Å². The Hall–Kier alpha value is -1.16. The largest absolute Gasteiger partial charge is 0.196 e. The molecule has 0 spiro atoms. The maximum Gasteiger partial charge on any atom is 0.181 e. The van der Waals surface area contributed by atoms with Crippen molar-refractivity contribution in [3.05, 3.63) is 22.1 Å². The number of halogens is 1. The van der Waals surface area contributed by atoms with E-state index in [0.29, 0.717) is 5.15 Å². The fourth-order valence-corrected chi connectivity index (χ4v) is 1.57. The van der Waals surface area contributed by atoms with E-state index in [1.807, 2.05) is 20.8 Å². The Bertz CT molecular complexity index is 489. The van der Waals surface area contributed by atoms with Gasteiger partial charge in [0.2, 0.25) is 0 Å². The van der Waals surface area contributed by atoms with Crippen molar-refractivity contribution in [3.63, 3.8) is 0 Å². The molecule has 4 nitrogen and oxygen atoms in total. The summed E-state index contributed by atoms with van der Waals surface area (Å²) in [5.41, 5.74) is 2.80. The molecule has 0 aliphatic heterocycles. The summed E-state index contributed by atoms with van der Waals surface area (Å²) < 4.78 is 1.71. The first-order chi connectivity index (χ1) is 6.65. The zero-order valence-corrected chi connectivity index (χ0v) is 9.13. The van der Waals surface area contributed by atoms with Crippen LogP contribution in [0, 0.1) is 13.8 Å². The number of hydrogen-bond acceptors (Lipinski definition) is 3. The van der Waals surface area contributed by atoms with Crippen LogP contribution >= 0.6 is 11.6 Å². The van der Waals surface area contributed by atoms with Crippen molar-refractivity contribution in [3.8, 4) is 0 Å². The molecule has 74 valence electrons. The zero-order chi connectivity index (χ0) is 10.3. The van der Waals surface area contributed by atoms with Crippen molar-refractivity contribution < 1.29 is 0 Å². The van der Waals surface area contributed by atoms with Crippen LogP contribution in [0.3, 0.4) is 0 Å². The molecule has 14 heavy (non-hydrogen) atoms. The number of aromatic nitrogens is 4. The molecule has 0 saturated heterocycles. The van der Waals surface area contributed by atoms with E-state index in [1.165, 1.54) is 0 Å². The van der Waals surface area contributed by atoms with Gasteiger partial charge in [0.1, 0.15) is 0 Å². The number of rotatable bonds is 1. The number of fused-ring (bicyclic) bond motifs is 1. The predicted molar refractivity (Wildman–Crippen MR) is 54.6 cm³/mol. The highest BCUT2D eigenvalue weighted by Crippen LogP contribution is 2.19. The maximum absolute atomic E-state index is 5.99. The summed E-state index contributed by atoms with van der Waals surface area (Å²) in [5.74, 6) is 0.838. The Labute approximate surface area is 86.9 Å². The van der Waals surface area contributed by atoms with E-state index in [1.54, 1.807) is 4.52 Å². The molecule has 0 amide bonds. The zero-order valence-electron chi connectivity index (χ0n) is 8.37. The van der Waals surface area contributed by atoms with Gasteiger partial charge in [0.15, 0.2) is 16.6 Å². The highest BCUT2D eigenvalue weighted by atomic mass is 35.5. The third kappa shape index (κ3) is 1.18. The monoisotopic (exact) mass is 210 g/mol. The molecule has 2 aromatic heterocycles. The molecule has 0 bridgehead atoms. The molecule has 0 aliphatic carbocycles. The molecular formula is C9H11ClN4. The Morgan fingerprint density at radius 3 is 2.57 bits per heavy atom. The van der Waals surface area contributed by atoms with Crippen molar-refractivity contribution in [1.82, 2.24) is 19.8 Å². The summed E-state index contributed by atoms with van der Waals surface area (Å²) in [5, 5.41) is 12.9. The highest BCUT2D eigenvalue weighted by molar-refractivity contribution is 6.30. The van der Waals surface area contributed by atoms with Gasteiger partial charge in [-0.3, -0.25) is 0 Å². The fourth-order valence-electron chi connectivity index (χ4n) is 1.36. The van der Waals surface area contributed by atoms with Gasteiger partial charge in [-0.05, 0) is 19.4 Å². The molecule has 5 heteroatoms. The van der Waals surface area contributed by atoms with E-state index in [-0.39, 0.29) is 0 Å². The van der Waals surface area contributed by atoms with Crippen molar-refractivity contribution in [2.75, 3.05) is 0 Å². The molecule has 0 unspecified atom stereocenters. The fraction of sp³-hybridized carbons (Fsp3) is 0.444. The summed E-state index contributed by atoms with van der Waals surface area (Å²) in [7, 11) is 0. The Balaban J connectivity index is 2.86. The minimum Gasteiger partial charge on any atom is -0.196 e. The molecule has 0 aliphatic rings. The molecule has 0 radical (unpaired) electrons. The predicted octanol–water partition coefficient (Wildman–Crippen LogP) is 1.96. The summed E-state index contributed by atoms with van der Waals surface area (Å²) >= 11 is 5.99. The van der Waals surface area contributed by atoms with Gasteiger partial charge in [-0.25, -0.2) is 0 Å². The lowest BCUT2D eigenvalue weighted by molar-refractivity contribution is 0.818. The van der Waals surface area contributed by atoms with Gasteiger partial charge in [-0.2, -0.15) is 9.61 Å². The topological polar surface area (TPSA) is 43.1 Å². The Morgan fingerprint density at radius 1 is 1.21 bits per heavy atom. The second-order valence-corrected chi connectivity index (χ2v) is 3.60. The van der Waals surface area contributed by atoms with Gasteiger partial charge in [-0.15, -0.1) is 10.2 Å². The average Bonchev–Trinajstić information content (AvgIpc) is 2.57. The molecule has 0 N–H and O–H groups in total. The average molecular weight is 211 g/mol. The summed E-state index contributed by atoms with van der Waals surface area (Å²) in [4.78, 5) is 0. The van der Waals surface area contributed by atoms with Gasteiger partial charge in [0.05, 0.1) is 0 Å². The first-order valence-corrected chi connectivity index (χ1v) is 4.90. The van der Waals surface area contributed by atoms with Crippen LogP contribution < -0.4 is 0 Å². The molecule has 2 rings (SSSR count). The van der Waals surface area contributed by atoms with Gasteiger partial charge >= 0.3 is 0 Å². The van der Waals surface area contributed by atoms with Crippen LogP contribution in [0.1, 0.15) is 23.9 Å². The van der Waals surface area contributed by atoms with Crippen LogP contribution in [0.4, 0.5) is 0 Å². The van der Waals surface area contributed by atoms with E-state index < -0.39 is 0 Å². The molecule has 0 atom stereocenters. The standard InChI is InChI=1S/C9H11ClN4/c1-4-7-11-12-9-6(3)5(2)8(10)13-14(7)9/h4H2,1-3H3. The van der Waals surface area contributed by atoms with E-state index in [2.05, 4.69) is 15.3 Å². The van der Waals surface area contributed by atoms with Crippen LogP contribution in [0.2, 0.25) is 5.15 Å². The van der Waals surface area contributed by atoms with Gasteiger partial charge in [0, 0.05) is 12.0 Å². The van der Waals surface area contributed by atoms with Gasteiger partial charge in [0.25, 0.3) is 0 Å². The first kappa shape index (κ1) is 9.40. The third-order valence-electron chi connectivity index (χ3n) is 2.42. The van der Waals surface area contributed by atoms with Gasteiger partial charge < -0.3 is 0 Å². The molecule has 2 heterocycles. The quantitative estimate of drug-likeness (QED) is 0.723. The molecule has 0 fully saturated rings. The normalized spacial score (nSPS) is 11.1. The smallest absolute Gasteiger partial charge is 0.181 e. The van der Waals surface area contributed by atoms with E-state index in [9.17, 15) is 0 Å². The second kappa shape index (κ2) is 3.20. The minimum absolute atomic E-state index is 0.518. The molecule has 2 aromatic rings. The van der Waals surface area contributed by atoms with Crippen LogP contribution in [0.25, 0.3) is 5.65 Å².